The summed E-state index contributed by atoms with van der Waals surface area (Å²) >= 11 is 0. The number of hydrogen-bond acceptors (Lipinski definition) is 0. The molecule has 0 bridgehead atoms. The van der Waals surface area contributed by atoms with Crippen molar-refractivity contribution in [3.05, 3.63) is 0 Å². The van der Waals surface area contributed by atoms with Crippen molar-refractivity contribution in [2.24, 2.45) is 23.1 Å². The maximum Gasteiger partial charge on any atom is 0.0300 e. The molecule has 0 amide bonds. The van der Waals surface area contributed by atoms with Crippen LogP contribution in [0.1, 0.15) is 61.7 Å². The third kappa shape index (κ3) is 2.72. The smallest absolute Gasteiger partial charge is 0.0300 e. The van der Waals surface area contributed by atoms with Crippen molar-refractivity contribution >= 4 is 0 Å². The fourth-order valence-corrected chi connectivity index (χ4v) is 2.86. The summed E-state index contributed by atoms with van der Waals surface area (Å²) in [6.07, 6.45) is 5.29. The molecule has 0 N–H and O–H groups in total. The second-order valence-corrected chi connectivity index (χ2v) is 5.94. The van der Waals surface area contributed by atoms with Gasteiger partial charge in [-0.3, -0.25) is 0 Å². The summed E-state index contributed by atoms with van der Waals surface area (Å²) in [4.78, 5) is 0. The van der Waals surface area contributed by atoms with Gasteiger partial charge in [-0.05, 0) is 36.0 Å². The van der Waals surface area contributed by atoms with Gasteiger partial charge in [-0.2, -0.15) is 0 Å². The fourth-order valence-electron chi connectivity index (χ4n) is 2.86. The van der Waals surface area contributed by atoms with Crippen LogP contribution in [0.25, 0.3) is 0 Å². The molecule has 1 rings (SSSR count). The molecule has 0 heteroatoms. The van der Waals surface area contributed by atoms with E-state index in [4.69, 9.17) is 1.37 Å². The van der Waals surface area contributed by atoms with Crippen LogP contribution in [0.4, 0.5) is 0 Å². The third-order valence-corrected chi connectivity index (χ3v) is 3.62. The lowest BCUT2D eigenvalue weighted by Crippen LogP contribution is -2.33. The van der Waals surface area contributed by atoms with E-state index in [1.807, 2.05) is 0 Å². The van der Waals surface area contributed by atoms with Crippen LogP contribution in [-0.2, 0) is 0 Å². The first-order valence-electron chi connectivity index (χ1n) is 6.23. The topological polar surface area (TPSA) is 0 Å². The van der Waals surface area contributed by atoms with Crippen LogP contribution in [0.15, 0.2) is 0 Å². The van der Waals surface area contributed by atoms with Gasteiger partial charge in [0.1, 0.15) is 0 Å². The monoisotopic (exact) mass is 183 g/mol. The lowest BCUT2D eigenvalue weighted by molar-refractivity contribution is 0.0769. The van der Waals surface area contributed by atoms with Gasteiger partial charge in [0, 0.05) is 1.37 Å². The molecule has 1 saturated carbocycles. The first-order valence-corrected chi connectivity index (χ1v) is 5.73. The van der Waals surface area contributed by atoms with Crippen LogP contribution in [0.5, 0.6) is 0 Å². The summed E-state index contributed by atoms with van der Waals surface area (Å²) in [6, 6.07) is 0. The minimum atomic E-state index is -0.252. The molecular weight excluding hydrogens is 156 g/mol. The van der Waals surface area contributed by atoms with Gasteiger partial charge in [-0.1, -0.05) is 47.5 Å². The molecule has 2 atom stereocenters. The molecule has 0 radical (unpaired) electrons. The predicted octanol–water partition coefficient (Wildman–Crippen LogP) is 4.49. The molecule has 1 aliphatic rings. The Morgan fingerprint density at radius 2 is 1.69 bits per heavy atom. The van der Waals surface area contributed by atoms with Crippen LogP contribution in [0.3, 0.4) is 0 Å². The van der Waals surface area contributed by atoms with E-state index in [1.165, 1.54) is 25.7 Å². The van der Waals surface area contributed by atoms with E-state index in [0.29, 0.717) is 11.3 Å². The largest absolute Gasteiger partial charge is 0.0625 e. The van der Waals surface area contributed by atoms with Gasteiger partial charge in [-0.15, -0.1) is 0 Å². The standard InChI is InChI=1S/C13H26/c1-10(2)11-8-6-7-9-12(11)13(3,4)5/h10-12H,6-9H2,1-5H3/i10D. The highest BCUT2D eigenvalue weighted by Crippen LogP contribution is 2.44. The summed E-state index contributed by atoms with van der Waals surface area (Å²) in [5.41, 5.74) is 0.378. The van der Waals surface area contributed by atoms with Crippen molar-refractivity contribution in [2.75, 3.05) is 0 Å². The van der Waals surface area contributed by atoms with Gasteiger partial charge in [0.25, 0.3) is 0 Å². The normalized spacial score (nSPS) is 32.8. The van der Waals surface area contributed by atoms with Gasteiger partial charge in [0.05, 0.1) is 0 Å². The summed E-state index contributed by atoms with van der Waals surface area (Å²) in [5, 5.41) is 0. The molecule has 1 aliphatic carbocycles. The highest BCUT2D eigenvalue weighted by Gasteiger charge is 2.35. The quantitative estimate of drug-likeness (QED) is 0.561. The molecule has 0 spiro atoms. The van der Waals surface area contributed by atoms with Crippen LogP contribution in [0.2, 0.25) is 0 Å². The third-order valence-electron chi connectivity index (χ3n) is 3.62. The van der Waals surface area contributed by atoms with Crippen molar-refractivity contribution in [1.82, 2.24) is 0 Å². The lowest BCUT2D eigenvalue weighted by atomic mass is 9.63. The average Bonchev–Trinajstić information content (AvgIpc) is 2.01. The molecule has 1 fully saturated rings. The summed E-state index contributed by atoms with van der Waals surface area (Å²) in [6.45, 7) is 11.2. The van der Waals surface area contributed by atoms with Crippen LogP contribution in [0, 0.1) is 23.1 Å². The van der Waals surface area contributed by atoms with E-state index in [-0.39, 0.29) is 5.89 Å². The minimum Gasteiger partial charge on any atom is -0.0625 e. The first kappa shape index (κ1) is 9.55. The highest BCUT2D eigenvalue weighted by atomic mass is 14.4. The van der Waals surface area contributed by atoms with E-state index >= 15 is 0 Å². The van der Waals surface area contributed by atoms with Crippen molar-refractivity contribution in [3.63, 3.8) is 0 Å². The Labute approximate surface area is 85.5 Å². The summed E-state index contributed by atoms with van der Waals surface area (Å²) in [5.74, 6) is 1.08. The van der Waals surface area contributed by atoms with Crippen molar-refractivity contribution in [2.45, 2.75) is 60.3 Å². The van der Waals surface area contributed by atoms with E-state index in [0.717, 1.165) is 5.92 Å². The summed E-state index contributed by atoms with van der Waals surface area (Å²) < 4.78 is 8.24. The first-order chi connectivity index (χ1) is 6.23. The Kier molecular flexibility index (Phi) is 2.96. The van der Waals surface area contributed by atoms with E-state index < -0.39 is 0 Å². The average molecular weight is 183 g/mol. The zero-order valence-electron chi connectivity index (χ0n) is 11.0. The molecule has 0 saturated heterocycles. The van der Waals surface area contributed by atoms with Gasteiger partial charge >= 0.3 is 0 Å². The Morgan fingerprint density at radius 3 is 2.08 bits per heavy atom. The van der Waals surface area contributed by atoms with Crippen LogP contribution >= 0.6 is 0 Å². The zero-order valence-corrected chi connectivity index (χ0v) is 9.98. The SMILES string of the molecule is [2H]C(C)(C)C1CCCCC1C(C)(C)C. The summed E-state index contributed by atoms with van der Waals surface area (Å²) in [7, 11) is 0. The molecule has 0 heterocycles. The molecule has 78 valence electrons. The fraction of sp³-hybridized carbons (Fsp3) is 1.00. The van der Waals surface area contributed by atoms with Crippen LogP contribution in [-0.4, -0.2) is 0 Å². The predicted molar refractivity (Wildman–Crippen MR) is 59.7 cm³/mol. The van der Waals surface area contributed by atoms with Gasteiger partial charge < -0.3 is 0 Å². The Balaban J connectivity index is 2.80. The number of hydrogen-bond donors (Lipinski definition) is 0. The highest BCUT2D eigenvalue weighted by molar-refractivity contribution is 4.85. The molecular formula is C13H26. The molecule has 0 aliphatic heterocycles. The maximum atomic E-state index is 8.24. The van der Waals surface area contributed by atoms with E-state index in [9.17, 15) is 0 Å². The molecule has 0 aromatic carbocycles. The molecule has 0 aromatic rings. The van der Waals surface area contributed by atoms with Gasteiger partial charge in [-0.25, -0.2) is 0 Å². The molecule has 13 heavy (non-hydrogen) atoms. The van der Waals surface area contributed by atoms with E-state index in [2.05, 4.69) is 34.6 Å². The van der Waals surface area contributed by atoms with Crippen LogP contribution < -0.4 is 0 Å². The second-order valence-electron chi connectivity index (χ2n) is 5.94. The lowest BCUT2D eigenvalue weighted by Gasteiger charge is -2.42. The van der Waals surface area contributed by atoms with Gasteiger partial charge in [0.2, 0.25) is 0 Å². The Hall–Kier alpha value is 0. The minimum absolute atomic E-state index is 0.252. The Morgan fingerprint density at radius 1 is 1.15 bits per heavy atom. The molecule has 2 unspecified atom stereocenters. The van der Waals surface area contributed by atoms with Crippen molar-refractivity contribution in [3.8, 4) is 0 Å². The van der Waals surface area contributed by atoms with Crippen molar-refractivity contribution < 1.29 is 1.37 Å². The number of rotatable bonds is 1. The second kappa shape index (κ2) is 4.02. The maximum absolute atomic E-state index is 8.24. The van der Waals surface area contributed by atoms with E-state index in [1.54, 1.807) is 0 Å². The zero-order chi connectivity index (χ0) is 11.0. The molecule has 0 aromatic heterocycles. The van der Waals surface area contributed by atoms with Gasteiger partial charge in [0.15, 0.2) is 0 Å². The van der Waals surface area contributed by atoms with Crippen molar-refractivity contribution in [1.29, 1.82) is 0 Å². The molecule has 0 nitrogen and oxygen atoms in total. The Bertz CT molecular complexity index is 160.